The third kappa shape index (κ3) is 11.9. The summed E-state index contributed by atoms with van der Waals surface area (Å²) in [5.41, 5.74) is 16.5. The first-order valence-corrected chi connectivity index (χ1v) is 11.6. The van der Waals surface area contributed by atoms with Gasteiger partial charge in [-0.25, -0.2) is 4.79 Å². The highest BCUT2D eigenvalue weighted by Crippen LogP contribution is 2.10. The summed E-state index contributed by atoms with van der Waals surface area (Å²) in [6, 6.07) is -4.34. The molecule has 0 saturated carbocycles. The molecule has 0 bridgehead atoms. The molecule has 5 atom stereocenters. The Labute approximate surface area is 199 Å². The zero-order chi connectivity index (χ0) is 25.6. The average molecular weight is 491 g/mol. The second-order valence-corrected chi connectivity index (χ2v) is 8.28. The fraction of sp³-hybridized carbons (Fsp3) is 0.750. The minimum Gasteiger partial charge on any atom is -0.480 e. The molecule has 12 nitrogen and oxygen atoms in total. The summed E-state index contributed by atoms with van der Waals surface area (Å²) in [5, 5.41) is 16.6. The van der Waals surface area contributed by atoms with Crippen molar-refractivity contribution in [3.63, 3.8) is 0 Å². The van der Waals surface area contributed by atoms with E-state index >= 15 is 0 Å². The number of rotatable bonds is 17. The predicted octanol–water partition coefficient (Wildman–Crippen LogP) is -1.78. The molecule has 13 heteroatoms. The Bertz CT molecular complexity index is 679. The molecule has 33 heavy (non-hydrogen) atoms. The average Bonchev–Trinajstić information content (AvgIpc) is 2.76. The topological polar surface area (TPSA) is 220 Å². The van der Waals surface area contributed by atoms with E-state index in [-0.39, 0.29) is 24.5 Å². The van der Waals surface area contributed by atoms with Crippen LogP contribution < -0.4 is 33.2 Å². The van der Waals surface area contributed by atoms with Crippen molar-refractivity contribution in [2.45, 2.75) is 76.5 Å². The van der Waals surface area contributed by atoms with Crippen LogP contribution in [0.25, 0.3) is 0 Å². The number of nitrogens with one attached hydrogen (secondary N) is 3. The monoisotopic (exact) mass is 490 g/mol. The van der Waals surface area contributed by atoms with Crippen LogP contribution in [0.5, 0.6) is 0 Å². The van der Waals surface area contributed by atoms with E-state index in [2.05, 4.69) is 28.6 Å². The van der Waals surface area contributed by atoms with E-state index in [1.165, 1.54) is 0 Å². The lowest BCUT2D eigenvalue weighted by atomic mass is 9.97. The van der Waals surface area contributed by atoms with Gasteiger partial charge in [-0.2, -0.15) is 12.6 Å². The van der Waals surface area contributed by atoms with Gasteiger partial charge in [-0.15, -0.1) is 0 Å². The zero-order valence-corrected chi connectivity index (χ0v) is 20.1. The maximum Gasteiger partial charge on any atom is 0.327 e. The second kappa shape index (κ2) is 16.3. The van der Waals surface area contributed by atoms with Gasteiger partial charge in [0.1, 0.15) is 18.1 Å². The smallest absolute Gasteiger partial charge is 0.327 e. The number of carboxylic acids is 1. The minimum atomic E-state index is -1.26. The third-order valence-electron chi connectivity index (χ3n) is 5.21. The molecule has 0 aromatic carbocycles. The fourth-order valence-corrected chi connectivity index (χ4v) is 3.12. The van der Waals surface area contributed by atoms with Crippen molar-refractivity contribution in [1.29, 1.82) is 0 Å². The van der Waals surface area contributed by atoms with E-state index in [1.54, 1.807) is 13.8 Å². The fourth-order valence-electron chi connectivity index (χ4n) is 2.88. The number of thiol groups is 1. The highest BCUT2D eigenvalue weighted by atomic mass is 32.1. The number of aliphatic carboxylic acids is 1. The molecule has 0 aliphatic carbocycles. The first-order chi connectivity index (χ1) is 15.5. The van der Waals surface area contributed by atoms with Crippen molar-refractivity contribution in [2.75, 3.05) is 12.3 Å². The highest BCUT2D eigenvalue weighted by Gasteiger charge is 2.32. The number of carboxylic acid groups (broad SMARTS) is 1. The number of unbranched alkanes of at least 4 members (excludes halogenated alkanes) is 1. The van der Waals surface area contributed by atoms with Crippen LogP contribution in [0.2, 0.25) is 0 Å². The Morgan fingerprint density at radius 2 is 1.55 bits per heavy atom. The lowest BCUT2D eigenvalue weighted by Gasteiger charge is -2.28. The number of primary amides is 1. The van der Waals surface area contributed by atoms with Crippen molar-refractivity contribution in [1.82, 2.24) is 16.0 Å². The number of nitrogens with two attached hydrogens (primary N) is 3. The van der Waals surface area contributed by atoms with Gasteiger partial charge >= 0.3 is 5.97 Å². The SMILES string of the molecule is CCC(C)C(NC(=O)C(CCC(N)=O)NC(=O)C(N)CCCCN)C(=O)NC(CS)C(=O)O. The van der Waals surface area contributed by atoms with Gasteiger partial charge in [0.2, 0.25) is 23.6 Å². The first-order valence-electron chi connectivity index (χ1n) is 11.0. The summed E-state index contributed by atoms with van der Waals surface area (Å²) in [7, 11) is 0. The Kier molecular flexibility index (Phi) is 15.1. The molecule has 0 aromatic heterocycles. The van der Waals surface area contributed by atoms with Gasteiger partial charge in [-0.1, -0.05) is 26.7 Å². The minimum absolute atomic E-state index is 0.0916. The van der Waals surface area contributed by atoms with E-state index < -0.39 is 53.8 Å². The normalized spacial score (nSPS) is 15.4. The van der Waals surface area contributed by atoms with Gasteiger partial charge < -0.3 is 38.3 Å². The third-order valence-corrected chi connectivity index (χ3v) is 5.57. The van der Waals surface area contributed by atoms with Crippen molar-refractivity contribution >= 4 is 42.2 Å². The molecule has 0 aliphatic rings. The lowest BCUT2D eigenvalue weighted by Crippen LogP contribution is -2.59. The molecule has 0 radical (unpaired) electrons. The Morgan fingerprint density at radius 3 is 2.03 bits per heavy atom. The number of carbonyl (C=O) groups excluding carboxylic acids is 4. The van der Waals surface area contributed by atoms with Crippen LogP contribution in [0.4, 0.5) is 0 Å². The quantitative estimate of drug-likeness (QED) is 0.0858. The van der Waals surface area contributed by atoms with E-state index in [4.69, 9.17) is 22.3 Å². The molecule has 0 spiro atoms. The number of hydrogen-bond donors (Lipinski definition) is 8. The first kappa shape index (κ1) is 30.6. The van der Waals surface area contributed by atoms with Crippen LogP contribution in [0, 0.1) is 5.92 Å². The van der Waals surface area contributed by atoms with Crippen LogP contribution in [0.15, 0.2) is 0 Å². The van der Waals surface area contributed by atoms with Gasteiger partial charge in [0.25, 0.3) is 0 Å². The van der Waals surface area contributed by atoms with Crippen molar-refractivity contribution in [3.05, 3.63) is 0 Å². The second-order valence-electron chi connectivity index (χ2n) is 7.91. The molecule has 0 aliphatic heterocycles. The van der Waals surface area contributed by atoms with Crippen molar-refractivity contribution in [3.8, 4) is 0 Å². The van der Waals surface area contributed by atoms with Crippen LogP contribution in [0.1, 0.15) is 52.4 Å². The van der Waals surface area contributed by atoms with Gasteiger partial charge in [-0.05, 0) is 31.7 Å². The van der Waals surface area contributed by atoms with E-state index in [1.807, 2.05) is 0 Å². The summed E-state index contributed by atoms with van der Waals surface area (Å²) in [6.07, 6.45) is 1.93. The summed E-state index contributed by atoms with van der Waals surface area (Å²) in [4.78, 5) is 60.6. The molecule has 0 fully saturated rings. The zero-order valence-electron chi connectivity index (χ0n) is 19.2. The highest BCUT2D eigenvalue weighted by molar-refractivity contribution is 7.80. The van der Waals surface area contributed by atoms with Gasteiger partial charge in [-0.3, -0.25) is 19.2 Å². The summed E-state index contributed by atoms with van der Waals surface area (Å²) >= 11 is 3.92. The summed E-state index contributed by atoms with van der Waals surface area (Å²) in [6.45, 7) is 3.98. The van der Waals surface area contributed by atoms with E-state index in [0.29, 0.717) is 32.2 Å². The molecular formula is C20H38N6O6S. The van der Waals surface area contributed by atoms with E-state index in [9.17, 15) is 24.0 Å². The van der Waals surface area contributed by atoms with E-state index in [0.717, 1.165) is 0 Å². The van der Waals surface area contributed by atoms with Crippen LogP contribution in [0.3, 0.4) is 0 Å². The van der Waals surface area contributed by atoms with Gasteiger partial charge in [0.05, 0.1) is 6.04 Å². The molecule has 0 rings (SSSR count). The van der Waals surface area contributed by atoms with Gasteiger partial charge in [0.15, 0.2) is 0 Å². The Morgan fingerprint density at radius 1 is 0.939 bits per heavy atom. The van der Waals surface area contributed by atoms with Crippen molar-refractivity contribution in [2.24, 2.45) is 23.1 Å². The summed E-state index contributed by atoms with van der Waals surface area (Å²) < 4.78 is 0. The molecule has 0 heterocycles. The van der Waals surface area contributed by atoms with Crippen LogP contribution in [-0.2, 0) is 24.0 Å². The molecule has 5 unspecified atom stereocenters. The Hall–Kier alpha value is -2.38. The Balaban J connectivity index is 5.45. The molecule has 4 amide bonds. The van der Waals surface area contributed by atoms with Crippen molar-refractivity contribution < 1.29 is 29.1 Å². The molecule has 10 N–H and O–H groups in total. The number of amides is 4. The van der Waals surface area contributed by atoms with Crippen LogP contribution in [-0.4, -0.2) is 71.2 Å². The lowest BCUT2D eigenvalue weighted by molar-refractivity contribution is -0.142. The maximum absolute atomic E-state index is 13.0. The number of carbonyl (C=O) groups is 5. The largest absolute Gasteiger partial charge is 0.480 e. The predicted molar refractivity (Wildman–Crippen MR) is 126 cm³/mol. The number of hydrogen-bond acceptors (Lipinski definition) is 8. The molecule has 0 saturated heterocycles. The molecule has 190 valence electrons. The van der Waals surface area contributed by atoms with Gasteiger partial charge in [0, 0.05) is 12.2 Å². The molecular weight excluding hydrogens is 452 g/mol. The molecule has 0 aromatic rings. The summed E-state index contributed by atoms with van der Waals surface area (Å²) in [5.74, 6) is -4.40. The standard InChI is InChI=1S/C20H38N6O6S/c1-3-11(2)16(19(30)25-14(10-33)20(31)32)26-18(29)13(7-8-15(23)27)24-17(28)12(22)6-4-5-9-21/h11-14,16,33H,3-10,21-22H2,1-2H3,(H2,23,27)(H,24,28)(H,25,30)(H,26,29)(H,31,32). The maximum atomic E-state index is 13.0. The van der Waals surface area contributed by atoms with Crippen LogP contribution >= 0.6 is 12.6 Å².